The summed E-state index contributed by atoms with van der Waals surface area (Å²) in [6.07, 6.45) is 1.04. The summed E-state index contributed by atoms with van der Waals surface area (Å²) in [6, 6.07) is 7.56. The van der Waals surface area contributed by atoms with Gasteiger partial charge in [-0.2, -0.15) is 0 Å². The summed E-state index contributed by atoms with van der Waals surface area (Å²) in [5.41, 5.74) is -0.871. The van der Waals surface area contributed by atoms with Crippen molar-refractivity contribution in [2.75, 3.05) is 13.2 Å². The zero-order valence-electron chi connectivity index (χ0n) is 11.3. The Hall–Kier alpha value is -1.07. The standard InChI is InChI=1S/C14H20BrNO3/c1-14(2,18)10-16-13(17)4-3-9-19-12-7-5-11(15)6-8-12/h5-8,18H,3-4,9-10H2,1-2H3,(H,16,17). The summed E-state index contributed by atoms with van der Waals surface area (Å²) in [7, 11) is 0. The van der Waals surface area contributed by atoms with E-state index in [-0.39, 0.29) is 12.5 Å². The molecule has 2 N–H and O–H groups in total. The highest BCUT2D eigenvalue weighted by Crippen LogP contribution is 2.16. The van der Waals surface area contributed by atoms with Crippen LogP contribution in [-0.4, -0.2) is 29.8 Å². The molecule has 0 saturated heterocycles. The first-order valence-electron chi connectivity index (χ1n) is 6.24. The van der Waals surface area contributed by atoms with E-state index in [4.69, 9.17) is 4.74 Å². The topological polar surface area (TPSA) is 58.6 Å². The number of hydrogen-bond acceptors (Lipinski definition) is 3. The van der Waals surface area contributed by atoms with E-state index in [1.807, 2.05) is 24.3 Å². The molecule has 0 bridgehead atoms. The van der Waals surface area contributed by atoms with Gasteiger partial charge >= 0.3 is 0 Å². The molecule has 5 heteroatoms. The van der Waals surface area contributed by atoms with Crippen LogP contribution in [0.4, 0.5) is 0 Å². The van der Waals surface area contributed by atoms with Gasteiger partial charge in [0.1, 0.15) is 5.75 Å². The fourth-order valence-corrected chi connectivity index (χ4v) is 1.62. The molecule has 1 rings (SSSR count). The highest BCUT2D eigenvalue weighted by atomic mass is 79.9. The second kappa shape index (κ2) is 7.50. The average Bonchev–Trinajstić information content (AvgIpc) is 2.33. The smallest absolute Gasteiger partial charge is 0.220 e. The van der Waals surface area contributed by atoms with Crippen molar-refractivity contribution >= 4 is 21.8 Å². The van der Waals surface area contributed by atoms with E-state index in [2.05, 4.69) is 21.2 Å². The first-order valence-corrected chi connectivity index (χ1v) is 7.03. The Morgan fingerprint density at radius 1 is 1.37 bits per heavy atom. The SMILES string of the molecule is CC(C)(O)CNC(=O)CCCOc1ccc(Br)cc1. The largest absolute Gasteiger partial charge is 0.494 e. The van der Waals surface area contributed by atoms with Gasteiger partial charge in [-0.25, -0.2) is 0 Å². The van der Waals surface area contributed by atoms with Crippen molar-refractivity contribution in [3.8, 4) is 5.75 Å². The van der Waals surface area contributed by atoms with Gasteiger partial charge in [-0.05, 0) is 44.5 Å². The van der Waals surface area contributed by atoms with Gasteiger partial charge in [0.2, 0.25) is 5.91 Å². The van der Waals surface area contributed by atoms with Crippen LogP contribution in [0.15, 0.2) is 28.7 Å². The molecular formula is C14H20BrNO3. The van der Waals surface area contributed by atoms with Crippen LogP contribution >= 0.6 is 15.9 Å². The Labute approximate surface area is 122 Å². The Morgan fingerprint density at radius 2 is 2.00 bits per heavy atom. The van der Waals surface area contributed by atoms with E-state index in [0.29, 0.717) is 19.4 Å². The fraction of sp³-hybridized carbons (Fsp3) is 0.500. The average molecular weight is 330 g/mol. The monoisotopic (exact) mass is 329 g/mol. The minimum Gasteiger partial charge on any atom is -0.494 e. The van der Waals surface area contributed by atoms with E-state index in [9.17, 15) is 9.90 Å². The summed E-state index contributed by atoms with van der Waals surface area (Å²) in [5.74, 6) is 0.724. The van der Waals surface area contributed by atoms with Crippen molar-refractivity contribution in [1.82, 2.24) is 5.32 Å². The highest BCUT2D eigenvalue weighted by molar-refractivity contribution is 9.10. The number of benzene rings is 1. The summed E-state index contributed by atoms with van der Waals surface area (Å²) in [5, 5.41) is 12.1. The lowest BCUT2D eigenvalue weighted by atomic mass is 10.1. The van der Waals surface area contributed by atoms with Crippen molar-refractivity contribution < 1.29 is 14.6 Å². The first-order chi connectivity index (χ1) is 8.87. The number of hydrogen-bond donors (Lipinski definition) is 2. The third-order valence-corrected chi connectivity index (χ3v) is 2.88. The van der Waals surface area contributed by atoms with Crippen molar-refractivity contribution in [3.05, 3.63) is 28.7 Å². The van der Waals surface area contributed by atoms with Crippen LogP contribution in [0.2, 0.25) is 0 Å². The molecule has 0 aliphatic heterocycles. The van der Waals surface area contributed by atoms with Crippen LogP contribution in [0, 0.1) is 0 Å². The number of ether oxygens (including phenoxy) is 1. The Kier molecular flexibility index (Phi) is 6.31. The zero-order valence-corrected chi connectivity index (χ0v) is 12.9. The maximum Gasteiger partial charge on any atom is 0.220 e. The molecule has 0 heterocycles. The molecule has 0 unspecified atom stereocenters. The van der Waals surface area contributed by atoms with Crippen LogP contribution in [0.25, 0.3) is 0 Å². The van der Waals surface area contributed by atoms with Gasteiger partial charge < -0.3 is 15.2 Å². The van der Waals surface area contributed by atoms with Crippen LogP contribution in [-0.2, 0) is 4.79 Å². The van der Waals surface area contributed by atoms with Crippen molar-refractivity contribution in [1.29, 1.82) is 0 Å². The maximum absolute atomic E-state index is 11.5. The predicted molar refractivity (Wildman–Crippen MR) is 78.2 cm³/mol. The molecule has 0 aliphatic carbocycles. The molecule has 4 nitrogen and oxygen atoms in total. The fourth-order valence-electron chi connectivity index (χ4n) is 1.36. The molecule has 19 heavy (non-hydrogen) atoms. The molecule has 0 aromatic heterocycles. The second-order valence-electron chi connectivity index (χ2n) is 5.00. The van der Waals surface area contributed by atoms with Crippen molar-refractivity contribution in [2.24, 2.45) is 0 Å². The third kappa shape index (κ3) is 7.85. The van der Waals surface area contributed by atoms with Crippen LogP contribution in [0.1, 0.15) is 26.7 Å². The number of amides is 1. The van der Waals surface area contributed by atoms with Gasteiger partial charge in [-0.3, -0.25) is 4.79 Å². The number of carbonyl (C=O) groups excluding carboxylic acids is 1. The first kappa shape index (κ1) is 16.0. The van der Waals surface area contributed by atoms with Gasteiger partial charge in [-0.15, -0.1) is 0 Å². The lowest BCUT2D eigenvalue weighted by molar-refractivity contribution is -0.122. The van der Waals surface area contributed by atoms with Gasteiger partial charge in [0.05, 0.1) is 12.2 Å². The molecule has 1 aromatic carbocycles. The Morgan fingerprint density at radius 3 is 2.58 bits per heavy atom. The molecular weight excluding hydrogens is 310 g/mol. The van der Waals surface area contributed by atoms with E-state index in [0.717, 1.165) is 10.2 Å². The zero-order chi connectivity index (χ0) is 14.3. The van der Waals surface area contributed by atoms with Crippen molar-refractivity contribution in [2.45, 2.75) is 32.3 Å². The molecule has 0 saturated carbocycles. The molecule has 0 spiro atoms. The highest BCUT2D eigenvalue weighted by Gasteiger charge is 2.13. The number of rotatable bonds is 7. The molecule has 1 amide bonds. The second-order valence-corrected chi connectivity index (χ2v) is 5.91. The van der Waals surface area contributed by atoms with E-state index in [1.165, 1.54) is 0 Å². The van der Waals surface area contributed by atoms with Gasteiger partial charge in [0.15, 0.2) is 0 Å². The quantitative estimate of drug-likeness (QED) is 0.755. The molecule has 106 valence electrons. The molecule has 0 fully saturated rings. The molecule has 1 aromatic rings. The maximum atomic E-state index is 11.5. The van der Waals surface area contributed by atoms with Crippen LogP contribution < -0.4 is 10.1 Å². The summed E-state index contributed by atoms with van der Waals surface area (Å²) in [4.78, 5) is 11.5. The van der Waals surface area contributed by atoms with Gasteiger partial charge in [-0.1, -0.05) is 15.9 Å². The number of carbonyl (C=O) groups is 1. The van der Waals surface area contributed by atoms with E-state index >= 15 is 0 Å². The lowest BCUT2D eigenvalue weighted by Gasteiger charge is -2.17. The number of aliphatic hydroxyl groups is 1. The Balaban J connectivity index is 2.13. The van der Waals surface area contributed by atoms with Gasteiger partial charge in [0, 0.05) is 17.4 Å². The Bertz CT molecular complexity index is 398. The minimum absolute atomic E-state index is 0.0680. The number of halogens is 1. The van der Waals surface area contributed by atoms with Crippen LogP contribution in [0.5, 0.6) is 5.75 Å². The normalized spacial score (nSPS) is 11.2. The summed E-state index contributed by atoms with van der Waals surface area (Å²) < 4.78 is 6.51. The van der Waals surface area contributed by atoms with Gasteiger partial charge in [0.25, 0.3) is 0 Å². The predicted octanol–water partition coefficient (Wildman–Crippen LogP) is 2.50. The van der Waals surface area contributed by atoms with Crippen molar-refractivity contribution in [3.63, 3.8) is 0 Å². The minimum atomic E-state index is -0.871. The third-order valence-electron chi connectivity index (χ3n) is 2.35. The summed E-state index contributed by atoms with van der Waals surface area (Å²) in [6.45, 7) is 4.07. The summed E-state index contributed by atoms with van der Waals surface area (Å²) >= 11 is 3.35. The van der Waals surface area contributed by atoms with Crippen LogP contribution in [0.3, 0.4) is 0 Å². The number of nitrogens with one attached hydrogen (secondary N) is 1. The lowest BCUT2D eigenvalue weighted by Crippen LogP contribution is -2.38. The molecule has 0 aliphatic rings. The van der Waals surface area contributed by atoms with E-state index in [1.54, 1.807) is 13.8 Å². The molecule has 0 atom stereocenters. The van der Waals surface area contributed by atoms with E-state index < -0.39 is 5.60 Å². The molecule has 0 radical (unpaired) electrons.